The van der Waals surface area contributed by atoms with Gasteiger partial charge in [0.05, 0.1) is 8.07 Å². The zero-order chi connectivity index (χ0) is 9.15. The third-order valence-electron chi connectivity index (χ3n) is 3.26. The van der Waals surface area contributed by atoms with Gasteiger partial charge in [-0.2, -0.15) is 0 Å². The average Bonchev–Trinajstić information content (AvgIpc) is 2.38. The predicted molar refractivity (Wildman–Crippen MR) is 60.6 cm³/mol. The van der Waals surface area contributed by atoms with Gasteiger partial charge in [0, 0.05) is 0 Å². The van der Waals surface area contributed by atoms with Crippen molar-refractivity contribution in [1.29, 1.82) is 0 Å². The van der Waals surface area contributed by atoms with Gasteiger partial charge < -0.3 is 0 Å². The first-order valence-corrected chi connectivity index (χ1v) is 11.3. The predicted octanol–water partition coefficient (Wildman–Crippen LogP) is 3.29. The van der Waals surface area contributed by atoms with Crippen molar-refractivity contribution in [2.75, 3.05) is 0 Å². The molecule has 0 atom stereocenters. The zero-order valence-electron chi connectivity index (χ0n) is 8.78. The van der Waals surface area contributed by atoms with Crippen LogP contribution in [-0.2, 0) is 0 Å². The highest BCUT2D eigenvalue weighted by Gasteiger charge is 2.50. The first-order chi connectivity index (χ1) is 5.35. The summed E-state index contributed by atoms with van der Waals surface area (Å²) in [6.07, 6.45) is 3.82. The maximum atomic E-state index is 2.51. The van der Waals surface area contributed by atoms with Crippen LogP contribution in [-0.4, -0.2) is 16.1 Å². The summed E-state index contributed by atoms with van der Waals surface area (Å²) in [6, 6.07) is 0. The first kappa shape index (κ1) is 8.51. The van der Waals surface area contributed by atoms with Gasteiger partial charge in [-0.15, -0.1) is 0 Å². The van der Waals surface area contributed by atoms with Gasteiger partial charge in [0.2, 0.25) is 0 Å². The zero-order valence-corrected chi connectivity index (χ0v) is 10.8. The van der Waals surface area contributed by atoms with Gasteiger partial charge in [-0.3, -0.25) is 0 Å². The molecule has 12 heavy (non-hydrogen) atoms. The van der Waals surface area contributed by atoms with Crippen LogP contribution in [0.1, 0.15) is 6.42 Å². The van der Waals surface area contributed by atoms with E-state index in [1.807, 2.05) is 15.6 Å². The molecule has 2 heterocycles. The number of fused-ring (bicyclic) bond motifs is 1. The first-order valence-electron chi connectivity index (χ1n) is 4.80. The van der Waals surface area contributed by atoms with Crippen molar-refractivity contribution >= 4 is 16.1 Å². The van der Waals surface area contributed by atoms with Gasteiger partial charge in [-0.05, 0) is 6.42 Å². The molecule has 0 nitrogen and oxygen atoms in total. The summed E-state index contributed by atoms with van der Waals surface area (Å²) in [4.78, 5) is 0. The molecule has 2 bridgehead atoms. The fourth-order valence-corrected chi connectivity index (χ4v) is 11.6. The molecule has 0 unspecified atom stereocenters. The van der Waals surface area contributed by atoms with E-state index < -0.39 is 16.1 Å². The van der Waals surface area contributed by atoms with E-state index in [9.17, 15) is 0 Å². The molecular weight excluding hydrogens is 176 g/mol. The quantitative estimate of drug-likeness (QED) is 0.562. The number of hydrogen-bond donors (Lipinski definition) is 0. The summed E-state index contributed by atoms with van der Waals surface area (Å²) in [5, 5.41) is 5.55. The smallest absolute Gasteiger partial charge is 0.0813 e. The summed E-state index contributed by atoms with van der Waals surface area (Å²) in [7, 11) is -1.92. The number of hydrogen-bond acceptors (Lipinski definition) is 0. The molecule has 0 aromatic heterocycles. The normalized spacial score (nSPS) is 25.6. The van der Waals surface area contributed by atoms with Crippen LogP contribution < -0.4 is 0 Å². The van der Waals surface area contributed by atoms with Crippen molar-refractivity contribution in [2.45, 2.75) is 39.2 Å². The summed E-state index contributed by atoms with van der Waals surface area (Å²) in [5.74, 6) is 0. The van der Waals surface area contributed by atoms with E-state index in [2.05, 4.69) is 38.8 Å². The van der Waals surface area contributed by atoms with E-state index in [4.69, 9.17) is 0 Å². The van der Waals surface area contributed by atoms with Crippen molar-refractivity contribution in [3.8, 4) is 0 Å². The highest BCUT2D eigenvalue weighted by molar-refractivity contribution is 7.03. The van der Waals surface area contributed by atoms with E-state index in [0.717, 1.165) is 0 Å². The van der Waals surface area contributed by atoms with Crippen molar-refractivity contribution in [3.63, 3.8) is 0 Å². The van der Waals surface area contributed by atoms with Gasteiger partial charge >= 0.3 is 0 Å². The Kier molecular flexibility index (Phi) is 1.45. The van der Waals surface area contributed by atoms with E-state index in [-0.39, 0.29) is 0 Å². The standard InChI is InChI=1S/C10H18Si2/c1-11(2,3)10-8-6-7-9(10)12(8,4)5/h6H,7H2,1-5H3. The van der Waals surface area contributed by atoms with Crippen LogP contribution in [0, 0.1) is 0 Å². The lowest BCUT2D eigenvalue weighted by atomic mass is 10.5. The minimum atomic E-state index is -0.980. The maximum Gasteiger partial charge on any atom is 0.107 e. The maximum absolute atomic E-state index is 2.51. The summed E-state index contributed by atoms with van der Waals surface area (Å²) < 4.78 is 0. The molecule has 3 rings (SSSR count). The summed E-state index contributed by atoms with van der Waals surface area (Å²) >= 11 is 0. The van der Waals surface area contributed by atoms with Crippen LogP contribution >= 0.6 is 0 Å². The number of rotatable bonds is 1. The second-order valence-corrected chi connectivity index (χ2v) is 14.9. The van der Waals surface area contributed by atoms with Gasteiger partial charge in [0.1, 0.15) is 8.07 Å². The van der Waals surface area contributed by atoms with E-state index in [0.29, 0.717) is 0 Å². The minimum Gasteiger partial charge on any atom is -0.0813 e. The van der Waals surface area contributed by atoms with E-state index >= 15 is 0 Å². The Morgan fingerprint density at radius 3 is 2.00 bits per heavy atom. The number of allylic oxidation sites excluding steroid dienone is 4. The lowest BCUT2D eigenvalue weighted by Gasteiger charge is -2.42. The molecule has 0 saturated carbocycles. The second kappa shape index (κ2) is 2.04. The van der Waals surface area contributed by atoms with Crippen LogP contribution in [0.3, 0.4) is 0 Å². The third kappa shape index (κ3) is 0.824. The SMILES string of the molecule is C[Si](C)(C)C1=C2CC=C1[Si]2(C)C. The molecule has 2 heteroatoms. The van der Waals surface area contributed by atoms with Gasteiger partial charge in [0.15, 0.2) is 0 Å². The molecule has 2 aliphatic heterocycles. The molecular formula is C10H18Si2. The van der Waals surface area contributed by atoms with Gasteiger partial charge in [-0.1, -0.05) is 54.4 Å². The molecule has 0 radical (unpaired) electrons. The highest BCUT2D eigenvalue weighted by atomic mass is 28.3. The van der Waals surface area contributed by atoms with Crippen molar-refractivity contribution in [1.82, 2.24) is 0 Å². The van der Waals surface area contributed by atoms with Crippen LogP contribution in [0.25, 0.3) is 0 Å². The van der Waals surface area contributed by atoms with Crippen molar-refractivity contribution in [2.24, 2.45) is 0 Å². The Morgan fingerprint density at radius 2 is 1.83 bits per heavy atom. The lowest BCUT2D eigenvalue weighted by Crippen LogP contribution is -2.47. The molecule has 0 fully saturated rings. The second-order valence-electron chi connectivity index (χ2n) is 5.55. The largest absolute Gasteiger partial charge is 0.107 e. The van der Waals surface area contributed by atoms with Crippen LogP contribution in [0.2, 0.25) is 32.7 Å². The molecule has 0 amide bonds. The molecule has 0 N–H and O–H groups in total. The van der Waals surface area contributed by atoms with Crippen LogP contribution in [0.5, 0.6) is 0 Å². The topological polar surface area (TPSA) is 0 Å². The summed E-state index contributed by atoms with van der Waals surface area (Å²) in [5.41, 5.74) is 0. The fraction of sp³-hybridized carbons (Fsp3) is 0.600. The lowest BCUT2D eigenvalue weighted by molar-refractivity contribution is 1.35. The Labute approximate surface area is 77.4 Å². The van der Waals surface area contributed by atoms with Gasteiger partial charge in [0.25, 0.3) is 0 Å². The average molecular weight is 194 g/mol. The molecule has 0 aromatic rings. The van der Waals surface area contributed by atoms with Crippen LogP contribution in [0.4, 0.5) is 0 Å². The summed E-state index contributed by atoms with van der Waals surface area (Å²) in [6.45, 7) is 12.4. The third-order valence-corrected chi connectivity index (χ3v) is 9.59. The Hall–Kier alpha value is -0.0862. The molecule has 0 spiro atoms. The molecule has 0 aromatic carbocycles. The fourth-order valence-electron chi connectivity index (χ4n) is 2.66. The van der Waals surface area contributed by atoms with Crippen LogP contribution in [0.15, 0.2) is 21.7 Å². The Bertz CT molecular complexity index is 300. The molecule has 3 aliphatic rings. The van der Waals surface area contributed by atoms with E-state index in [1.165, 1.54) is 6.42 Å². The minimum absolute atomic E-state index is 0.944. The van der Waals surface area contributed by atoms with Crippen molar-refractivity contribution in [3.05, 3.63) is 21.7 Å². The molecule has 66 valence electrons. The Balaban J connectivity index is 2.47. The van der Waals surface area contributed by atoms with E-state index in [1.54, 1.807) is 0 Å². The van der Waals surface area contributed by atoms with Gasteiger partial charge in [-0.25, -0.2) is 0 Å². The molecule has 1 aliphatic carbocycles. The van der Waals surface area contributed by atoms with Crippen molar-refractivity contribution < 1.29 is 0 Å². The highest BCUT2D eigenvalue weighted by Crippen LogP contribution is 2.52. The molecule has 0 saturated heterocycles. The Morgan fingerprint density at radius 1 is 1.25 bits per heavy atom. The monoisotopic (exact) mass is 194 g/mol.